The molecule has 4 heteroatoms. The van der Waals surface area contributed by atoms with Crippen molar-refractivity contribution in [2.24, 2.45) is 0 Å². The number of nitrogens with zero attached hydrogens (tertiary/aromatic N) is 2. The molecule has 1 unspecified atom stereocenters. The van der Waals surface area contributed by atoms with Crippen LogP contribution in [0.5, 0.6) is 5.88 Å². The Hall–Kier alpha value is -1.60. The molecule has 16 heavy (non-hydrogen) atoms. The number of methoxy groups -OCH3 is 1. The van der Waals surface area contributed by atoms with Crippen molar-refractivity contribution < 1.29 is 4.74 Å². The van der Waals surface area contributed by atoms with Crippen molar-refractivity contribution in [1.29, 1.82) is 0 Å². The van der Waals surface area contributed by atoms with Gasteiger partial charge in [0.2, 0.25) is 5.88 Å². The van der Waals surface area contributed by atoms with Gasteiger partial charge in [0.15, 0.2) is 0 Å². The second-order valence-corrected chi connectivity index (χ2v) is 3.40. The van der Waals surface area contributed by atoms with E-state index in [4.69, 9.17) is 11.2 Å². The van der Waals surface area contributed by atoms with Gasteiger partial charge in [-0.2, -0.15) is 0 Å². The van der Waals surface area contributed by atoms with Crippen LogP contribution in [0.4, 0.5) is 0 Å². The Bertz CT molecular complexity index is 360. The van der Waals surface area contributed by atoms with Crippen LogP contribution >= 0.6 is 0 Å². The van der Waals surface area contributed by atoms with Crippen LogP contribution in [0.3, 0.4) is 0 Å². The summed E-state index contributed by atoms with van der Waals surface area (Å²) in [5.74, 6) is 3.21. The van der Waals surface area contributed by atoms with Crippen LogP contribution in [0.2, 0.25) is 0 Å². The zero-order valence-electron chi connectivity index (χ0n) is 9.73. The van der Waals surface area contributed by atoms with Crippen molar-refractivity contribution in [3.05, 3.63) is 18.1 Å². The summed E-state index contributed by atoms with van der Waals surface area (Å²) < 4.78 is 5.06. The summed E-state index contributed by atoms with van der Waals surface area (Å²) in [6.07, 6.45) is 8.51. The van der Waals surface area contributed by atoms with E-state index in [1.165, 1.54) is 6.33 Å². The van der Waals surface area contributed by atoms with Crippen LogP contribution in [-0.2, 0) is 0 Å². The number of nitrogens with one attached hydrogen (secondary N) is 1. The second-order valence-electron chi connectivity index (χ2n) is 3.40. The van der Waals surface area contributed by atoms with E-state index in [1.54, 1.807) is 7.11 Å². The van der Waals surface area contributed by atoms with E-state index in [2.05, 4.69) is 28.1 Å². The molecule has 0 fully saturated rings. The highest BCUT2D eigenvalue weighted by Crippen LogP contribution is 2.16. The van der Waals surface area contributed by atoms with Crippen molar-refractivity contribution in [3.63, 3.8) is 0 Å². The minimum Gasteiger partial charge on any atom is -0.481 e. The minimum absolute atomic E-state index is 0.0712. The largest absolute Gasteiger partial charge is 0.481 e. The maximum absolute atomic E-state index is 5.34. The molecule has 0 aromatic carbocycles. The summed E-state index contributed by atoms with van der Waals surface area (Å²) in [6, 6.07) is 1.88. The van der Waals surface area contributed by atoms with Gasteiger partial charge in [0.25, 0.3) is 0 Å². The Morgan fingerprint density at radius 1 is 1.56 bits per heavy atom. The Morgan fingerprint density at radius 3 is 3.00 bits per heavy atom. The molecule has 1 heterocycles. The average molecular weight is 219 g/mol. The summed E-state index contributed by atoms with van der Waals surface area (Å²) in [7, 11) is 1.59. The Labute approximate surface area is 96.5 Å². The molecule has 0 radical (unpaired) electrons. The van der Waals surface area contributed by atoms with E-state index in [1.807, 2.05) is 6.07 Å². The molecule has 0 aliphatic heterocycles. The van der Waals surface area contributed by atoms with E-state index >= 15 is 0 Å². The van der Waals surface area contributed by atoms with E-state index in [9.17, 15) is 0 Å². The molecule has 0 amide bonds. The quantitative estimate of drug-likeness (QED) is 0.737. The molecule has 1 rings (SSSR count). The summed E-state index contributed by atoms with van der Waals surface area (Å²) in [6.45, 7) is 3.03. The molecule has 0 bridgehead atoms. The highest BCUT2D eigenvalue weighted by Gasteiger charge is 2.11. The molecule has 4 nitrogen and oxygen atoms in total. The zero-order chi connectivity index (χ0) is 11.8. The highest BCUT2D eigenvalue weighted by molar-refractivity contribution is 5.17. The first-order valence-electron chi connectivity index (χ1n) is 5.34. The number of terminal acetylenes is 1. The smallest absolute Gasteiger partial charge is 0.216 e. The molecule has 86 valence electrons. The molecule has 0 aliphatic carbocycles. The van der Waals surface area contributed by atoms with Gasteiger partial charge in [0.1, 0.15) is 6.33 Å². The summed E-state index contributed by atoms with van der Waals surface area (Å²) in [5.41, 5.74) is 0.873. The molecule has 0 spiro atoms. The van der Waals surface area contributed by atoms with E-state index in [0.717, 1.165) is 18.7 Å². The summed E-state index contributed by atoms with van der Waals surface area (Å²) in [4.78, 5) is 8.18. The lowest BCUT2D eigenvalue weighted by atomic mass is 10.1. The first-order valence-corrected chi connectivity index (χ1v) is 5.34. The van der Waals surface area contributed by atoms with Crippen LogP contribution in [0.15, 0.2) is 12.4 Å². The van der Waals surface area contributed by atoms with Gasteiger partial charge in [0.05, 0.1) is 18.8 Å². The number of aromatic nitrogens is 2. The molecule has 0 saturated carbocycles. The van der Waals surface area contributed by atoms with Gasteiger partial charge in [-0.05, 0) is 13.0 Å². The third-order valence-corrected chi connectivity index (χ3v) is 2.19. The second kappa shape index (κ2) is 6.81. The lowest BCUT2D eigenvalue weighted by Crippen LogP contribution is -2.22. The Balaban J connectivity index is 2.79. The van der Waals surface area contributed by atoms with Crippen molar-refractivity contribution in [3.8, 4) is 18.2 Å². The van der Waals surface area contributed by atoms with Crippen LogP contribution in [0, 0.1) is 12.3 Å². The van der Waals surface area contributed by atoms with E-state index in [0.29, 0.717) is 12.3 Å². The Kier molecular flexibility index (Phi) is 5.30. The third-order valence-electron chi connectivity index (χ3n) is 2.19. The van der Waals surface area contributed by atoms with E-state index < -0.39 is 0 Å². The van der Waals surface area contributed by atoms with Crippen molar-refractivity contribution in [1.82, 2.24) is 15.3 Å². The number of rotatable bonds is 6. The van der Waals surface area contributed by atoms with Crippen LogP contribution in [-0.4, -0.2) is 23.6 Å². The first-order chi connectivity index (χ1) is 7.81. The van der Waals surface area contributed by atoms with Gasteiger partial charge >= 0.3 is 0 Å². The van der Waals surface area contributed by atoms with Crippen LogP contribution < -0.4 is 10.1 Å². The third kappa shape index (κ3) is 3.52. The van der Waals surface area contributed by atoms with Gasteiger partial charge in [-0.15, -0.1) is 12.3 Å². The van der Waals surface area contributed by atoms with Gasteiger partial charge in [-0.25, -0.2) is 9.97 Å². The SMILES string of the molecule is C#CCC(NCCC)c1cc(OC)ncn1. The molecular formula is C12H17N3O. The standard InChI is InChI=1S/C12H17N3O/c1-4-6-10(13-7-5-2)11-8-12(16-3)15-9-14-11/h1,8-10,13H,5-7H2,2-3H3. The molecule has 1 atom stereocenters. The topological polar surface area (TPSA) is 47.0 Å². The molecular weight excluding hydrogens is 202 g/mol. The minimum atomic E-state index is 0.0712. The molecule has 0 aliphatic rings. The molecule has 1 N–H and O–H groups in total. The monoisotopic (exact) mass is 219 g/mol. The van der Waals surface area contributed by atoms with Gasteiger partial charge < -0.3 is 10.1 Å². The van der Waals surface area contributed by atoms with E-state index in [-0.39, 0.29) is 6.04 Å². The lowest BCUT2D eigenvalue weighted by molar-refractivity contribution is 0.394. The predicted octanol–water partition coefficient (Wildman–Crippen LogP) is 1.55. The molecule has 1 aromatic heterocycles. The van der Waals surface area contributed by atoms with Crippen molar-refractivity contribution in [2.45, 2.75) is 25.8 Å². The zero-order valence-corrected chi connectivity index (χ0v) is 9.73. The summed E-state index contributed by atoms with van der Waals surface area (Å²) >= 11 is 0. The van der Waals surface area contributed by atoms with Gasteiger partial charge in [-0.1, -0.05) is 6.92 Å². The van der Waals surface area contributed by atoms with Gasteiger partial charge in [-0.3, -0.25) is 0 Å². The fourth-order valence-electron chi connectivity index (χ4n) is 1.37. The average Bonchev–Trinajstić information content (AvgIpc) is 2.34. The fourth-order valence-corrected chi connectivity index (χ4v) is 1.37. The predicted molar refractivity (Wildman–Crippen MR) is 63.1 cm³/mol. The van der Waals surface area contributed by atoms with Crippen molar-refractivity contribution >= 4 is 0 Å². The highest BCUT2D eigenvalue weighted by atomic mass is 16.5. The summed E-state index contributed by atoms with van der Waals surface area (Å²) in [5, 5.41) is 3.35. The van der Waals surface area contributed by atoms with Gasteiger partial charge in [0, 0.05) is 12.5 Å². The Morgan fingerprint density at radius 2 is 2.38 bits per heavy atom. The number of ether oxygens (including phenoxy) is 1. The maximum atomic E-state index is 5.34. The fraction of sp³-hybridized carbons (Fsp3) is 0.500. The normalized spacial score (nSPS) is 11.8. The number of hydrogen-bond acceptors (Lipinski definition) is 4. The van der Waals surface area contributed by atoms with Crippen molar-refractivity contribution in [2.75, 3.05) is 13.7 Å². The lowest BCUT2D eigenvalue weighted by Gasteiger charge is -2.15. The molecule has 1 aromatic rings. The number of hydrogen-bond donors (Lipinski definition) is 1. The van der Waals surface area contributed by atoms with Crippen LogP contribution in [0.1, 0.15) is 31.5 Å². The first kappa shape index (κ1) is 12.5. The molecule has 0 saturated heterocycles. The van der Waals surface area contributed by atoms with Crippen LogP contribution in [0.25, 0.3) is 0 Å². The maximum Gasteiger partial charge on any atom is 0.216 e.